The van der Waals surface area contributed by atoms with E-state index >= 15 is 0 Å². The highest BCUT2D eigenvalue weighted by Gasteiger charge is 2.18. The summed E-state index contributed by atoms with van der Waals surface area (Å²) in [7, 11) is 2.11. The van der Waals surface area contributed by atoms with E-state index in [0.717, 1.165) is 44.9 Å². The molecule has 0 N–H and O–H groups in total. The van der Waals surface area contributed by atoms with Crippen LogP contribution in [0.5, 0.6) is 0 Å². The molecule has 0 unspecified atom stereocenters. The van der Waals surface area contributed by atoms with Crippen molar-refractivity contribution in [1.82, 2.24) is 19.1 Å². The van der Waals surface area contributed by atoms with Crippen molar-refractivity contribution in [1.29, 1.82) is 0 Å². The van der Waals surface area contributed by atoms with Crippen molar-refractivity contribution in [2.24, 2.45) is 7.05 Å². The van der Waals surface area contributed by atoms with Crippen LogP contribution in [-0.2, 0) is 7.05 Å². The van der Waals surface area contributed by atoms with E-state index in [2.05, 4.69) is 141 Å². The molecule has 9 aromatic rings. The zero-order valence-electron chi connectivity index (χ0n) is 24.4. The van der Waals surface area contributed by atoms with E-state index in [1.807, 2.05) is 18.3 Å². The highest BCUT2D eigenvalue weighted by molar-refractivity contribution is 7.13. The van der Waals surface area contributed by atoms with Gasteiger partial charge in [-0.25, -0.2) is 4.98 Å². The minimum atomic E-state index is 0.952. The van der Waals surface area contributed by atoms with E-state index in [1.54, 1.807) is 22.7 Å². The van der Waals surface area contributed by atoms with Gasteiger partial charge in [-0.3, -0.25) is 4.98 Å². The van der Waals surface area contributed by atoms with Crippen LogP contribution in [0.25, 0.3) is 82.1 Å². The van der Waals surface area contributed by atoms with Crippen molar-refractivity contribution < 1.29 is 0 Å². The molecule has 0 atom stereocenters. The van der Waals surface area contributed by atoms with Crippen LogP contribution in [0.1, 0.15) is 0 Å². The Balaban J connectivity index is 1.26. The second kappa shape index (κ2) is 10.4. The van der Waals surface area contributed by atoms with Gasteiger partial charge in [0.25, 0.3) is 0 Å². The van der Waals surface area contributed by atoms with Crippen molar-refractivity contribution in [2.75, 3.05) is 0 Å². The highest BCUT2D eigenvalue weighted by atomic mass is 32.1. The lowest BCUT2D eigenvalue weighted by molar-refractivity contribution is 0.959. The van der Waals surface area contributed by atoms with E-state index < -0.39 is 0 Å². The highest BCUT2D eigenvalue weighted by Crippen LogP contribution is 2.39. The first-order chi connectivity index (χ1) is 22.2. The van der Waals surface area contributed by atoms with Crippen molar-refractivity contribution in [3.05, 3.63) is 138 Å². The van der Waals surface area contributed by atoms with E-state index in [-0.39, 0.29) is 0 Å². The Morgan fingerprint density at radius 3 is 2.09 bits per heavy atom. The molecule has 0 bridgehead atoms. The molecule has 5 heterocycles. The van der Waals surface area contributed by atoms with Gasteiger partial charge in [0.15, 0.2) is 0 Å². The Morgan fingerprint density at radius 1 is 0.556 bits per heavy atom. The van der Waals surface area contributed by atoms with Crippen LogP contribution in [0.4, 0.5) is 0 Å². The summed E-state index contributed by atoms with van der Waals surface area (Å²) < 4.78 is 4.59. The number of benzene rings is 4. The molecule has 9 rings (SSSR count). The van der Waals surface area contributed by atoms with Crippen molar-refractivity contribution in [3.8, 4) is 49.2 Å². The molecule has 0 spiro atoms. The summed E-state index contributed by atoms with van der Waals surface area (Å²) in [6, 6.07) is 43.5. The van der Waals surface area contributed by atoms with Crippen LogP contribution < -0.4 is 0 Å². The molecule has 6 heteroatoms. The lowest BCUT2D eigenvalue weighted by atomic mass is 10.1. The van der Waals surface area contributed by atoms with E-state index in [9.17, 15) is 0 Å². The molecule has 0 saturated heterocycles. The van der Waals surface area contributed by atoms with Gasteiger partial charge in [-0.15, -0.1) is 22.7 Å². The van der Waals surface area contributed by atoms with Crippen molar-refractivity contribution in [3.63, 3.8) is 0 Å². The fourth-order valence-electron chi connectivity index (χ4n) is 6.43. The molecule has 214 valence electrons. The maximum Gasteiger partial charge on any atom is 0.140 e. The number of nitrogens with zero attached hydrogens (tertiary/aromatic N) is 4. The summed E-state index contributed by atoms with van der Waals surface area (Å²) in [6.07, 6.45) is 1.85. The lowest BCUT2D eigenvalue weighted by Crippen LogP contribution is -1.96. The number of pyridine rings is 1. The maximum absolute atomic E-state index is 5.17. The van der Waals surface area contributed by atoms with Gasteiger partial charge >= 0.3 is 0 Å². The number of imidazole rings is 1. The van der Waals surface area contributed by atoms with Crippen LogP contribution in [0.3, 0.4) is 0 Å². The molecule has 0 amide bonds. The third-order valence-electron chi connectivity index (χ3n) is 8.58. The zero-order valence-corrected chi connectivity index (χ0v) is 26.0. The summed E-state index contributed by atoms with van der Waals surface area (Å²) in [6.45, 7) is 0. The van der Waals surface area contributed by atoms with Gasteiger partial charge in [0.2, 0.25) is 0 Å². The first kappa shape index (κ1) is 26.1. The molecule has 0 saturated carbocycles. The first-order valence-corrected chi connectivity index (χ1v) is 16.6. The Labute approximate surface area is 268 Å². The molecule has 0 aliphatic carbocycles. The number of fused-ring (bicyclic) bond motifs is 4. The standard InChI is InChI=1S/C39H26N4S2/c1-42-35-17-14-27(38-11-6-20-45-38)23-33(35)41-39(42)28-12-15-30-31-22-26(37-10-5-19-44-37)13-16-34(31)43(36(30)24-28)29-8-4-7-25(21-29)32-9-2-3-18-40-32/h2-24H,1H3. The van der Waals surface area contributed by atoms with Crippen LogP contribution in [0.2, 0.25) is 0 Å². The summed E-state index contributed by atoms with van der Waals surface area (Å²) in [5.41, 5.74) is 11.1. The SMILES string of the molecule is Cn1c(-c2ccc3c4cc(-c5cccs5)ccc4n(-c4cccc(-c5ccccn5)c4)c3c2)nc2cc(-c3cccs3)ccc21. The maximum atomic E-state index is 5.17. The number of rotatable bonds is 5. The molecule has 4 nitrogen and oxygen atoms in total. The second-order valence-corrected chi connectivity index (χ2v) is 13.1. The van der Waals surface area contributed by atoms with E-state index in [1.165, 1.54) is 37.2 Å². The molecular weight excluding hydrogens is 589 g/mol. The minimum absolute atomic E-state index is 0.952. The van der Waals surface area contributed by atoms with Gasteiger partial charge < -0.3 is 9.13 Å². The third-order valence-corrected chi connectivity index (χ3v) is 10.4. The number of hydrogen-bond acceptors (Lipinski definition) is 4. The van der Waals surface area contributed by atoms with Crippen LogP contribution in [0.15, 0.2) is 138 Å². The number of hydrogen-bond donors (Lipinski definition) is 0. The normalized spacial score (nSPS) is 11.7. The lowest BCUT2D eigenvalue weighted by Gasteiger charge is -2.11. The summed E-state index contributed by atoms with van der Waals surface area (Å²) in [5, 5.41) is 6.70. The molecule has 0 radical (unpaired) electrons. The van der Waals surface area contributed by atoms with Crippen LogP contribution in [-0.4, -0.2) is 19.1 Å². The quantitative estimate of drug-likeness (QED) is 0.193. The Hall–Kier alpha value is -5.30. The van der Waals surface area contributed by atoms with E-state index in [4.69, 9.17) is 4.98 Å². The zero-order chi connectivity index (χ0) is 29.9. The average Bonchev–Trinajstić information content (AvgIpc) is 3.91. The van der Waals surface area contributed by atoms with Gasteiger partial charge in [-0.2, -0.15) is 0 Å². The Kier molecular flexibility index (Phi) is 6.04. The minimum Gasteiger partial charge on any atom is -0.327 e. The van der Waals surface area contributed by atoms with Crippen LogP contribution >= 0.6 is 22.7 Å². The fourth-order valence-corrected chi connectivity index (χ4v) is 7.87. The average molecular weight is 615 g/mol. The number of aryl methyl sites for hydroxylation is 1. The van der Waals surface area contributed by atoms with E-state index in [0.29, 0.717) is 0 Å². The molecule has 0 fully saturated rings. The first-order valence-electron chi connectivity index (χ1n) is 14.9. The third kappa shape index (κ3) is 4.33. The monoisotopic (exact) mass is 614 g/mol. The predicted molar refractivity (Wildman–Crippen MR) is 190 cm³/mol. The largest absolute Gasteiger partial charge is 0.327 e. The van der Waals surface area contributed by atoms with Gasteiger partial charge in [-0.05, 0) is 88.6 Å². The predicted octanol–water partition coefficient (Wildman–Crippen LogP) is 10.9. The fraction of sp³-hybridized carbons (Fsp3) is 0.0256. The molecule has 5 aromatic heterocycles. The van der Waals surface area contributed by atoms with Gasteiger partial charge in [0.05, 0.1) is 27.8 Å². The van der Waals surface area contributed by atoms with Gasteiger partial charge in [0.1, 0.15) is 5.82 Å². The Bertz CT molecular complexity index is 2480. The molecule has 0 aliphatic rings. The molecule has 0 aliphatic heterocycles. The number of thiophene rings is 2. The smallest absolute Gasteiger partial charge is 0.140 e. The molecule has 4 aromatic carbocycles. The van der Waals surface area contributed by atoms with Crippen molar-refractivity contribution in [2.45, 2.75) is 0 Å². The second-order valence-electron chi connectivity index (χ2n) is 11.2. The molecular formula is C39H26N4S2. The molecule has 45 heavy (non-hydrogen) atoms. The van der Waals surface area contributed by atoms with Gasteiger partial charge in [0, 0.05) is 50.6 Å². The number of aromatic nitrogens is 4. The van der Waals surface area contributed by atoms with Gasteiger partial charge in [-0.1, -0.05) is 54.6 Å². The summed E-state index contributed by atoms with van der Waals surface area (Å²) in [5.74, 6) is 0.952. The summed E-state index contributed by atoms with van der Waals surface area (Å²) in [4.78, 5) is 12.3. The summed E-state index contributed by atoms with van der Waals surface area (Å²) >= 11 is 3.53. The van der Waals surface area contributed by atoms with Crippen LogP contribution in [0, 0.1) is 0 Å². The topological polar surface area (TPSA) is 35.6 Å². The Morgan fingerprint density at radius 2 is 1.33 bits per heavy atom. The van der Waals surface area contributed by atoms with Crippen molar-refractivity contribution >= 4 is 55.5 Å².